The SMILES string of the molecule is Cc1cccc(OCCn2cc(C(=O)O)nn2)c1F. The van der Waals surface area contributed by atoms with Crippen LogP contribution in [0.4, 0.5) is 4.39 Å². The highest BCUT2D eigenvalue weighted by atomic mass is 19.1. The lowest BCUT2D eigenvalue weighted by molar-refractivity contribution is 0.0690. The second-order valence-corrected chi connectivity index (χ2v) is 3.91. The van der Waals surface area contributed by atoms with Gasteiger partial charge in [-0.2, -0.15) is 0 Å². The molecule has 0 saturated heterocycles. The fourth-order valence-electron chi connectivity index (χ4n) is 1.49. The van der Waals surface area contributed by atoms with Crippen LogP contribution in [0, 0.1) is 12.7 Å². The van der Waals surface area contributed by atoms with E-state index in [0.717, 1.165) is 0 Å². The van der Waals surface area contributed by atoms with Crippen molar-refractivity contribution in [3.63, 3.8) is 0 Å². The van der Waals surface area contributed by atoms with E-state index in [-0.39, 0.29) is 24.6 Å². The van der Waals surface area contributed by atoms with E-state index in [1.807, 2.05) is 0 Å². The van der Waals surface area contributed by atoms with E-state index in [0.29, 0.717) is 5.56 Å². The number of aryl methyl sites for hydroxylation is 1. The zero-order chi connectivity index (χ0) is 13.8. The number of hydrogen-bond donors (Lipinski definition) is 1. The molecule has 0 fully saturated rings. The largest absolute Gasteiger partial charge is 0.489 e. The van der Waals surface area contributed by atoms with Gasteiger partial charge in [-0.1, -0.05) is 17.3 Å². The molecule has 1 aromatic heterocycles. The Balaban J connectivity index is 1.92. The van der Waals surface area contributed by atoms with Crippen LogP contribution in [0.2, 0.25) is 0 Å². The molecule has 0 atom stereocenters. The fraction of sp³-hybridized carbons (Fsp3) is 0.250. The molecule has 0 radical (unpaired) electrons. The molecule has 7 heteroatoms. The van der Waals surface area contributed by atoms with Crippen molar-refractivity contribution in [2.45, 2.75) is 13.5 Å². The molecule has 0 aliphatic heterocycles. The van der Waals surface area contributed by atoms with Gasteiger partial charge in [-0.25, -0.2) is 13.9 Å². The Hall–Kier alpha value is -2.44. The van der Waals surface area contributed by atoms with Gasteiger partial charge in [-0.05, 0) is 18.6 Å². The molecule has 0 saturated carbocycles. The molecule has 0 bridgehead atoms. The molecular formula is C12H12FN3O3. The van der Waals surface area contributed by atoms with Crippen LogP contribution in [0.25, 0.3) is 0 Å². The average molecular weight is 265 g/mol. The summed E-state index contributed by atoms with van der Waals surface area (Å²) in [5.41, 5.74) is 0.369. The first-order valence-electron chi connectivity index (χ1n) is 5.59. The fourth-order valence-corrected chi connectivity index (χ4v) is 1.49. The quantitative estimate of drug-likeness (QED) is 0.886. The van der Waals surface area contributed by atoms with Crippen molar-refractivity contribution in [1.29, 1.82) is 0 Å². The van der Waals surface area contributed by atoms with Crippen molar-refractivity contribution in [1.82, 2.24) is 15.0 Å². The maximum atomic E-state index is 13.6. The maximum Gasteiger partial charge on any atom is 0.358 e. The number of hydrogen-bond acceptors (Lipinski definition) is 4. The Labute approximate surface area is 108 Å². The minimum Gasteiger partial charge on any atom is -0.489 e. The third kappa shape index (κ3) is 3.06. The number of rotatable bonds is 5. The van der Waals surface area contributed by atoms with Crippen molar-refractivity contribution in [2.75, 3.05) is 6.61 Å². The second-order valence-electron chi connectivity index (χ2n) is 3.91. The molecule has 1 aromatic carbocycles. The Bertz CT molecular complexity index is 598. The first kappa shape index (κ1) is 13.0. The molecule has 0 spiro atoms. The molecule has 1 N–H and O–H groups in total. The molecule has 100 valence electrons. The summed E-state index contributed by atoms with van der Waals surface area (Å²) in [5.74, 6) is -1.37. The van der Waals surface area contributed by atoms with E-state index in [4.69, 9.17) is 9.84 Å². The number of carbonyl (C=O) groups is 1. The van der Waals surface area contributed by atoms with Crippen LogP contribution in [0.3, 0.4) is 0 Å². The number of halogens is 1. The molecule has 1 heterocycles. The lowest BCUT2D eigenvalue weighted by atomic mass is 10.2. The van der Waals surface area contributed by atoms with Crippen LogP contribution < -0.4 is 4.74 Å². The zero-order valence-corrected chi connectivity index (χ0v) is 10.2. The summed E-state index contributed by atoms with van der Waals surface area (Å²) < 4.78 is 20.2. The molecule has 0 aliphatic rings. The van der Waals surface area contributed by atoms with Crippen molar-refractivity contribution < 1.29 is 19.0 Å². The van der Waals surface area contributed by atoms with Gasteiger partial charge in [0.05, 0.1) is 12.7 Å². The van der Waals surface area contributed by atoms with Crippen LogP contribution in [0.5, 0.6) is 5.75 Å². The standard InChI is InChI=1S/C12H12FN3O3/c1-8-3-2-4-10(11(8)13)19-6-5-16-7-9(12(17)18)14-15-16/h2-4,7H,5-6H2,1H3,(H,17,18). The summed E-state index contributed by atoms with van der Waals surface area (Å²) in [7, 11) is 0. The van der Waals surface area contributed by atoms with E-state index >= 15 is 0 Å². The summed E-state index contributed by atoms with van der Waals surface area (Å²) in [6, 6.07) is 4.89. The third-order valence-corrected chi connectivity index (χ3v) is 2.49. The first-order chi connectivity index (χ1) is 9.08. The van der Waals surface area contributed by atoms with Gasteiger partial charge in [0.25, 0.3) is 0 Å². The zero-order valence-electron chi connectivity index (χ0n) is 10.2. The van der Waals surface area contributed by atoms with Crippen LogP contribution in [-0.2, 0) is 6.54 Å². The summed E-state index contributed by atoms with van der Waals surface area (Å²) in [4.78, 5) is 10.6. The van der Waals surface area contributed by atoms with E-state index < -0.39 is 11.8 Å². The molecule has 0 amide bonds. The van der Waals surface area contributed by atoms with Gasteiger partial charge in [-0.15, -0.1) is 5.10 Å². The molecule has 2 rings (SSSR count). The van der Waals surface area contributed by atoms with Crippen molar-refractivity contribution in [3.05, 3.63) is 41.5 Å². The second kappa shape index (κ2) is 5.47. The molecule has 19 heavy (non-hydrogen) atoms. The van der Waals surface area contributed by atoms with Gasteiger partial charge in [-0.3, -0.25) is 0 Å². The molecule has 0 unspecified atom stereocenters. The number of nitrogens with zero attached hydrogens (tertiary/aromatic N) is 3. The normalized spacial score (nSPS) is 10.4. The van der Waals surface area contributed by atoms with Crippen LogP contribution >= 0.6 is 0 Å². The molecular weight excluding hydrogens is 253 g/mol. The Morgan fingerprint density at radius 2 is 2.32 bits per heavy atom. The summed E-state index contributed by atoms with van der Waals surface area (Å²) in [6.45, 7) is 2.11. The summed E-state index contributed by atoms with van der Waals surface area (Å²) in [5, 5.41) is 15.7. The summed E-state index contributed by atoms with van der Waals surface area (Å²) in [6.07, 6.45) is 1.29. The number of carboxylic acids is 1. The van der Waals surface area contributed by atoms with Gasteiger partial charge >= 0.3 is 5.97 Å². The summed E-state index contributed by atoms with van der Waals surface area (Å²) >= 11 is 0. The minimum absolute atomic E-state index is 0.137. The highest BCUT2D eigenvalue weighted by Crippen LogP contribution is 2.19. The van der Waals surface area contributed by atoms with Crippen molar-refractivity contribution in [2.24, 2.45) is 0 Å². The van der Waals surface area contributed by atoms with E-state index in [1.165, 1.54) is 16.9 Å². The first-order valence-corrected chi connectivity index (χ1v) is 5.59. The average Bonchev–Trinajstić information content (AvgIpc) is 2.83. The predicted octanol–water partition coefficient (Wildman–Crippen LogP) is 1.50. The maximum absolute atomic E-state index is 13.6. The van der Waals surface area contributed by atoms with E-state index in [1.54, 1.807) is 19.1 Å². The van der Waals surface area contributed by atoms with Crippen LogP contribution in [-0.4, -0.2) is 32.7 Å². The van der Waals surface area contributed by atoms with Gasteiger partial charge in [0.15, 0.2) is 17.3 Å². The topological polar surface area (TPSA) is 77.2 Å². The highest BCUT2D eigenvalue weighted by molar-refractivity contribution is 5.84. The number of aromatic nitrogens is 3. The number of carboxylic acid groups (broad SMARTS) is 1. The van der Waals surface area contributed by atoms with Gasteiger partial charge < -0.3 is 9.84 Å². The van der Waals surface area contributed by atoms with Crippen LogP contribution in [0.1, 0.15) is 16.1 Å². The lowest BCUT2D eigenvalue weighted by Gasteiger charge is -2.08. The van der Waals surface area contributed by atoms with Crippen molar-refractivity contribution >= 4 is 5.97 Å². The number of ether oxygens (including phenoxy) is 1. The highest BCUT2D eigenvalue weighted by Gasteiger charge is 2.09. The van der Waals surface area contributed by atoms with E-state index in [9.17, 15) is 9.18 Å². The van der Waals surface area contributed by atoms with Gasteiger partial charge in [0, 0.05) is 0 Å². The Morgan fingerprint density at radius 3 is 3.00 bits per heavy atom. The van der Waals surface area contributed by atoms with E-state index in [2.05, 4.69) is 10.3 Å². The van der Waals surface area contributed by atoms with Gasteiger partial charge in [0.1, 0.15) is 6.61 Å². The Kier molecular flexibility index (Phi) is 3.74. The monoisotopic (exact) mass is 265 g/mol. The lowest BCUT2D eigenvalue weighted by Crippen LogP contribution is -2.09. The minimum atomic E-state index is -1.14. The number of aromatic carboxylic acids is 1. The smallest absolute Gasteiger partial charge is 0.358 e. The van der Waals surface area contributed by atoms with Gasteiger partial charge in [0.2, 0.25) is 0 Å². The molecule has 6 nitrogen and oxygen atoms in total. The molecule has 2 aromatic rings. The Morgan fingerprint density at radius 1 is 1.53 bits per heavy atom. The number of benzene rings is 1. The molecule has 0 aliphatic carbocycles. The van der Waals surface area contributed by atoms with Crippen molar-refractivity contribution in [3.8, 4) is 5.75 Å². The predicted molar refractivity (Wildman–Crippen MR) is 63.6 cm³/mol. The van der Waals surface area contributed by atoms with Crippen LogP contribution in [0.15, 0.2) is 24.4 Å². The third-order valence-electron chi connectivity index (χ3n) is 2.49.